The molecule has 1 aliphatic carbocycles. The second-order valence-corrected chi connectivity index (χ2v) is 8.21. The first-order valence-electron chi connectivity index (χ1n) is 7.68. The van der Waals surface area contributed by atoms with Crippen LogP contribution in [0.15, 0.2) is 4.99 Å². The van der Waals surface area contributed by atoms with E-state index in [1.165, 1.54) is 55.9 Å². The monoisotopic (exact) mass is 300 g/mol. The second kappa shape index (κ2) is 6.75. The summed E-state index contributed by atoms with van der Waals surface area (Å²) < 4.78 is 0.345. The first-order chi connectivity index (χ1) is 9.17. The van der Waals surface area contributed by atoms with Crippen LogP contribution in [-0.2, 0) is 0 Å². The van der Waals surface area contributed by atoms with Gasteiger partial charge in [0.1, 0.15) is 0 Å². The summed E-state index contributed by atoms with van der Waals surface area (Å²) in [5, 5.41) is 4.97. The van der Waals surface area contributed by atoms with Crippen molar-refractivity contribution in [1.29, 1.82) is 0 Å². The quantitative estimate of drug-likeness (QED) is 0.819. The highest BCUT2D eigenvalue weighted by molar-refractivity contribution is 8.14. The van der Waals surface area contributed by atoms with Crippen LogP contribution in [0, 0.1) is 0 Å². The van der Waals surface area contributed by atoms with Gasteiger partial charge in [-0.15, -0.1) is 0 Å². The van der Waals surface area contributed by atoms with E-state index in [1.807, 2.05) is 23.5 Å². The molecule has 1 saturated carbocycles. The summed E-state index contributed by atoms with van der Waals surface area (Å²) >= 11 is 3.93. The van der Waals surface area contributed by atoms with Crippen molar-refractivity contribution in [2.45, 2.75) is 69.1 Å². The number of nitrogens with one attached hydrogen (secondary N) is 1. The number of aliphatic imine (C=N–C) groups is 1. The third-order valence-electron chi connectivity index (χ3n) is 4.90. The summed E-state index contributed by atoms with van der Waals surface area (Å²) in [5.74, 6) is 1.23. The third kappa shape index (κ3) is 3.63. The summed E-state index contributed by atoms with van der Waals surface area (Å²) in [6, 6.07) is 0. The zero-order chi connectivity index (χ0) is 13.8. The zero-order valence-electron chi connectivity index (χ0n) is 12.6. The lowest BCUT2D eigenvalue weighted by molar-refractivity contribution is 0.303. The maximum Gasteiger partial charge on any atom is 0.157 e. The van der Waals surface area contributed by atoms with Crippen LogP contribution < -0.4 is 5.32 Å². The molecule has 1 aliphatic heterocycles. The molecule has 2 aliphatic rings. The molecule has 2 nitrogen and oxygen atoms in total. The number of rotatable bonds is 5. The standard InChI is InChI=1S/C15H28N2S2/c1-4-15(5-2,18-3)11-16-13-17-14(12-19-13)9-7-6-8-10-14/h4-12H2,1-3H3,(H,16,17). The Bertz CT molecular complexity index is 310. The highest BCUT2D eigenvalue weighted by Crippen LogP contribution is 2.37. The Kier molecular flexibility index (Phi) is 5.53. The van der Waals surface area contributed by atoms with E-state index in [0.29, 0.717) is 10.3 Å². The van der Waals surface area contributed by atoms with Crippen LogP contribution >= 0.6 is 23.5 Å². The van der Waals surface area contributed by atoms with Crippen molar-refractivity contribution >= 4 is 28.7 Å². The van der Waals surface area contributed by atoms with Crippen molar-refractivity contribution in [2.24, 2.45) is 4.99 Å². The fraction of sp³-hybridized carbons (Fsp3) is 0.933. The third-order valence-corrected chi connectivity index (χ3v) is 7.67. The minimum atomic E-state index is 0.345. The molecular formula is C15H28N2S2. The van der Waals surface area contributed by atoms with Crippen LogP contribution in [-0.4, -0.2) is 34.0 Å². The highest BCUT2D eigenvalue weighted by Gasteiger charge is 2.38. The smallest absolute Gasteiger partial charge is 0.157 e. The van der Waals surface area contributed by atoms with Crippen LogP contribution in [0.4, 0.5) is 0 Å². The predicted octanol–water partition coefficient (Wildman–Crippen LogP) is 4.30. The molecule has 4 heteroatoms. The second-order valence-electron chi connectivity index (χ2n) is 5.97. The molecule has 2 fully saturated rings. The van der Waals surface area contributed by atoms with Crippen molar-refractivity contribution in [1.82, 2.24) is 5.32 Å². The van der Waals surface area contributed by atoms with E-state index >= 15 is 0 Å². The summed E-state index contributed by atoms with van der Waals surface area (Å²) in [4.78, 5) is 4.91. The van der Waals surface area contributed by atoms with Crippen molar-refractivity contribution < 1.29 is 0 Å². The Balaban J connectivity index is 1.94. The van der Waals surface area contributed by atoms with Gasteiger partial charge in [0.15, 0.2) is 5.17 Å². The summed E-state index contributed by atoms with van der Waals surface area (Å²) in [5.41, 5.74) is 0.391. The molecule has 0 radical (unpaired) electrons. The molecule has 0 aromatic carbocycles. The van der Waals surface area contributed by atoms with E-state index in [4.69, 9.17) is 4.99 Å². The normalized spacial score (nSPS) is 24.9. The minimum Gasteiger partial charge on any atom is -0.359 e. The first kappa shape index (κ1) is 15.6. The Morgan fingerprint density at radius 2 is 1.95 bits per heavy atom. The van der Waals surface area contributed by atoms with Crippen LogP contribution in [0.2, 0.25) is 0 Å². The fourth-order valence-electron chi connectivity index (χ4n) is 3.13. The number of amidine groups is 1. The van der Waals surface area contributed by atoms with Crippen LogP contribution in [0.5, 0.6) is 0 Å². The van der Waals surface area contributed by atoms with Gasteiger partial charge in [-0.3, -0.25) is 4.99 Å². The van der Waals surface area contributed by atoms with Gasteiger partial charge in [-0.25, -0.2) is 0 Å². The summed E-state index contributed by atoms with van der Waals surface area (Å²) in [6.45, 7) is 5.54. The molecule has 0 amide bonds. The summed E-state index contributed by atoms with van der Waals surface area (Å²) in [7, 11) is 0. The Morgan fingerprint density at radius 3 is 2.53 bits per heavy atom. The summed E-state index contributed by atoms with van der Waals surface area (Å²) in [6.07, 6.45) is 11.5. The largest absolute Gasteiger partial charge is 0.359 e. The Hall–Kier alpha value is 0.170. The SMILES string of the molecule is CCC(CC)(CN=C1NC2(CCCCC2)CS1)SC. The molecule has 19 heavy (non-hydrogen) atoms. The Labute approximate surface area is 127 Å². The van der Waals surface area contributed by atoms with Gasteiger partial charge in [0, 0.05) is 16.0 Å². The highest BCUT2D eigenvalue weighted by atomic mass is 32.2. The number of hydrogen-bond donors (Lipinski definition) is 1. The lowest BCUT2D eigenvalue weighted by Crippen LogP contribution is -2.45. The lowest BCUT2D eigenvalue weighted by Gasteiger charge is -2.33. The maximum absolute atomic E-state index is 4.91. The van der Waals surface area contributed by atoms with E-state index in [9.17, 15) is 0 Å². The molecule has 0 unspecified atom stereocenters. The van der Waals surface area contributed by atoms with Crippen LogP contribution in [0.1, 0.15) is 58.8 Å². The molecule has 1 heterocycles. The van der Waals surface area contributed by atoms with E-state index < -0.39 is 0 Å². The molecule has 2 rings (SSSR count). The topological polar surface area (TPSA) is 24.4 Å². The van der Waals surface area contributed by atoms with Gasteiger partial charge < -0.3 is 5.32 Å². The molecule has 0 bridgehead atoms. The number of thioether (sulfide) groups is 2. The van der Waals surface area contributed by atoms with Crippen LogP contribution in [0.3, 0.4) is 0 Å². The van der Waals surface area contributed by atoms with Crippen molar-refractivity contribution in [3.05, 3.63) is 0 Å². The number of nitrogens with zero attached hydrogens (tertiary/aromatic N) is 1. The zero-order valence-corrected chi connectivity index (χ0v) is 14.3. The molecule has 110 valence electrons. The van der Waals surface area contributed by atoms with E-state index in [1.54, 1.807) is 0 Å². The molecule has 1 N–H and O–H groups in total. The first-order valence-corrected chi connectivity index (χ1v) is 9.89. The maximum atomic E-state index is 4.91. The Morgan fingerprint density at radius 1 is 1.26 bits per heavy atom. The van der Waals surface area contributed by atoms with Gasteiger partial charge in [0.25, 0.3) is 0 Å². The van der Waals surface area contributed by atoms with Gasteiger partial charge in [0.2, 0.25) is 0 Å². The van der Waals surface area contributed by atoms with Crippen molar-refractivity contribution in [3.63, 3.8) is 0 Å². The lowest BCUT2D eigenvalue weighted by atomic mass is 9.83. The van der Waals surface area contributed by atoms with Gasteiger partial charge in [-0.1, -0.05) is 44.9 Å². The van der Waals surface area contributed by atoms with E-state index in [2.05, 4.69) is 25.4 Å². The van der Waals surface area contributed by atoms with Gasteiger partial charge in [-0.2, -0.15) is 11.8 Å². The number of hydrogen-bond acceptors (Lipinski definition) is 3. The van der Waals surface area contributed by atoms with Crippen molar-refractivity contribution in [3.8, 4) is 0 Å². The molecular weight excluding hydrogens is 272 g/mol. The van der Waals surface area contributed by atoms with Gasteiger partial charge in [-0.05, 0) is 31.9 Å². The average molecular weight is 301 g/mol. The van der Waals surface area contributed by atoms with Crippen LogP contribution in [0.25, 0.3) is 0 Å². The van der Waals surface area contributed by atoms with Gasteiger partial charge >= 0.3 is 0 Å². The predicted molar refractivity (Wildman–Crippen MR) is 90.5 cm³/mol. The van der Waals surface area contributed by atoms with E-state index in [-0.39, 0.29) is 0 Å². The van der Waals surface area contributed by atoms with Crippen molar-refractivity contribution in [2.75, 3.05) is 18.6 Å². The fourth-order valence-corrected chi connectivity index (χ4v) is 5.12. The molecule has 0 aromatic rings. The molecule has 1 saturated heterocycles. The van der Waals surface area contributed by atoms with Gasteiger partial charge in [0.05, 0.1) is 6.54 Å². The average Bonchev–Trinajstić information content (AvgIpc) is 2.85. The molecule has 0 atom stereocenters. The minimum absolute atomic E-state index is 0.345. The van der Waals surface area contributed by atoms with E-state index in [0.717, 1.165) is 6.54 Å². The molecule has 1 spiro atoms. The molecule has 0 aromatic heterocycles.